The lowest BCUT2D eigenvalue weighted by Gasteiger charge is -2.35. The molecule has 0 bridgehead atoms. The summed E-state index contributed by atoms with van der Waals surface area (Å²) in [5.41, 5.74) is -5.18. The molecule has 3 rings (SSSR count). The van der Waals surface area contributed by atoms with Crippen LogP contribution in [0.5, 0.6) is 0 Å². The fraction of sp³-hybridized carbons (Fsp3) is 0.447. The van der Waals surface area contributed by atoms with Crippen molar-refractivity contribution in [2.75, 3.05) is 20.6 Å². The molecule has 2 aromatic carbocycles. The molecule has 4 atom stereocenters. The minimum Gasteiger partial charge on any atom is -0.453 e. The Labute approximate surface area is 334 Å². The number of aromatic nitrogens is 1. The SMILES string of the molecule is [2H]C([2H])([2H])OC(=O)N[C@H](C(=O)N[C@@H](Cc1ccccc1)[C@@H](O)CN(Cc1ccc(-c2ccccn2)cc1)NC(=O)[C@@H](NC(=O)OC([2H])([2H])[2H])C(C([2H])([2H])[2H])(C([2H])([2H])[2H])C([2H])([2H])[2H])C(C([2H])([2H])[2H])(C([2H])([2H])[2H])C([2H])([2H])[2H]. The Hall–Kier alpha value is -5.01. The van der Waals surface area contributed by atoms with Crippen LogP contribution in [0.25, 0.3) is 11.3 Å². The summed E-state index contributed by atoms with van der Waals surface area (Å²) < 4.78 is 200. The molecule has 51 heavy (non-hydrogen) atoms. The number of alkyl carbamates (subject to hydrolysis) is 2. The van der Waals surface area contributed by atoms with Crippen LogP contribution in [-0.2, 0) is 32.0 Å². The fourth-order valence-electron chi connectivity index (χ4n) is 4.71. The normalized spacial score (nSPS) is 22.9. The van der Waals surface area contributed by atoms with Gasteiger partial charge in [-0.3, -0.25) is 20.0 Å². The Bertz CT molecular complexity index is 2330. The first-order chi connectivity index (χ1) is 33.8. The van der Waals surface area contributed by atoms with Gasteiger partial charge in [-0.25, -0.2) is 14.6 Å². The van der Waals surface area contributed by atoms with Gasteiger partial charge in [0.1, 0.15) is 12.1 Å². The topological polar surface area (TPSA) is 171 Å². The van der Waals surface area contributed by atoms with E-state index < -0.39 is 134 Å². The van der Waals surface area contributed by atoms with Crippen LogP contribution in [0.2, 0.25) is 0 Å². The Morgan fingerprint density at radius 3 is 1.90 bits per heavy atom. The molecule has 276 valence electrons. The summed E-state index contributed by atoms with van der Waals surface area (Å²) in [6.45, 7) is -27.3. The molecule has 0 saturated heterocycles. The van der Waals surface area contributed by atoms with E-state index >= 15 is 0 Å². The molecule has 1 heterocycles. The maximum atomic E-state index is 14.6. The number of benzene rings is 2. The number of nitrogens with one attached hydrogen (secondary N) is 4. The van der Waals surface area contributed by atoms with Crippen LogP contribution in [-0.4, -0.2) is 84.0 Å². The lowest BCUT2D eigenvalue weighted by Crippen LogP contribution is -2.60. The number of ether oxygens (including phenoxy) is 2. The molecular formula is C38H52N6O7. The number of hydrogen-bond acceptors (Lipinski definition) is 9. The van der Waals surface area contributed by atoms with Crippen molar-refractivity contribution in [3.8, 4) is 11.3 Å². The third-order valence-corrected chi connectivity index (χ3v) is 7.15. The highest BCUT2D eigenvalue weighted by Crippen LogP contribution is 2.23. The van der Waals surface area contributed by atoms with Gasteiger partial charge in [-0.05, 0) is 40.5 Å². The third kappa shape index (κ3) is 12.7. The summed E-state index contributed by atoms with van der Waals surface area (Å²) in [4.78, 5) is 59.5. The first kappa shape index (κ1) is 18.0. The molecule has 0 saturated carbocycles. The molecule has 1 aromatic heterocycles. The van der Waals surface area contributed by atoms with Gasteiger partial charge < -0.3 is 30.5 Å². The van der Waals surface area contributed by atoms with Crippen LogP contribution in [0.4, 0.5) is 9.59 Å². The van der Waals surface area contributed by atoms with E-state index in [-0.39, 0.29) is 11.1 Å². The Balaban J connectivity index is 2.37. The van der Waals surface area contributed by atoms with Crippen molar-refractivity contribution < 1.29 is 66.7 Å². The summed E-state index contributed by atoms with van der Waals surface area (Å²) >= 11 is 0. The minimum atomic E-state index is -4.30. The number of methoxy groups -OCH3 is 2. The van der Waals surface area contributed by atoms with E-state index in [4.69, 9.17) is 32.9 Å². The number of aliphatic hydroxyl groups is 1. The molecule has 0 radical (unpaired) electrons. The number of nitrogens with zero attached hydrogens (tertiary/aromatic N) is 2. The monoisotopic (exact) mass is 729 g/mol. The average molecular weight is 729 g/mol. The lowest BCUT2D eigenvalue weighted by molar-refractivity contribution is -0.132. The quantitative estimate of drug-likeness (QED) is 0.153. The van der Waals surface area contributed by atoms with Crippen molar-refractivity contribution in [3.63, 3.8) is 0 Å². The predicted molar refractivity (Wildman–Crippen MR) is 194 cm³/mol. The van der Waals surface area contributed by atoms with Crippen molar-refractivity contribution in [1.82, 2.24) is 31.4 Å². The van der Waals surface area contributed by atoms with Crippen LogP contribution < -0.4 is 21.4 Å². The van der Waals surface area contributed by atoms with Gasteiger partial charge in [-0.1, -0.05) is 102 Å². The van der Waals surface area contributed by atoms with Crippen molar-refractivity contribution in [3.05, 3.63) is 90.1 Å². The highest BCUT2D eigenvalue weighted by atomic mass is 16.5. The van der Waals surface area contributed by atoms with Crippen molar-refractivity contribution in [2.45, 2.75) is 78.3 Å². The number of amides is 4. The molecule has 13 nitrogen and oxygen atoms in total. The first-order valence-electron chi connectivity index (χ1n) is 26.9. The molecule has 0 fully saturated rings. The molecule has 0 aliphatic carbocycles. The standard InChI is InChI=1S/C38H52N6O7/c1-37(2,3)31(41-35(48)50-7)33(46)40-29(22-25-14-10-9-11-15-25)30(45)24-44(43-34(47)32(38(4,5)6)42-36(49)51-8)23-26-17-19-27(20-18-26)28-16-12-13-21-39-28/h9-21,29-32,45H,22-24H2,1-8H3,(H,40,46)(H,41,48)(H,42,49)(H,43,47)/t29-,30-,31+,32+/m0/s1/i1D3,2D3,3D3,4D3,5D3,6D3,7D3,8D3. The maximum absolute atomic E-state index is 14.6. The predicted octanol–water partition coefficient (Wildman–Crippen LogP) is 4.21. The number of pyridine rings is 1. The molecular weight excluding hydrogens is 652 g/mol. The zero-order valence-electron chi connectivity index (χ0n) is 50.7. The Morgan fingerprint density at radius 2 is 1.35 bits per heavy atom. The van der Waals surface area contributed by atoms with Gasteiger partial charge in [-0.2, -0.15) is 0 Å². The van der Waals surface area contributed by atoms with Gasteiger partial charge in [0, 0.05) is 49.5 Å². The van der Waals surface area contributed by atoms with Crippen LogP contribution in [0.1, 0.15) is 85.1 Å². The second-order valence-electron chi connectivity index (χ2n) is 11.2. The van der Waals surface area contributed by atoms with E-state index in [1.165, 1.54) is 71.4 Å². The van der Waals surface area contributed by atoms with Gasteiger partial charge in [0.2, 0.25) is 5.91 Å². The first-order valence-corrected chi connectivity index (χ1v) is 14.9. The third-order valence-electron chi connectivity index (χ3n) is 7.15. The number of aliphatic hydroxyl groups excluding tert-OH is 1. The number of carbonyl (C=O) groups excluding carboxylic acids is 4. The van der Waals surface area contributed by atoms with Crippen LogP contribution in [0, 0.1) is 10.8 Å². The van der Waals surface area contributed by atoms with E-state index in [2.05, 4.69) is 25.2 Å². The number of carbonyl (C=O) groups is 4. The highest BCUT2D eigenvalue weighted by Gasteiger charge is 2.37. The zero-order chi connectivity index (χ0) is 57.8. The van der Waals surface area contributed by atoms with E-state index in [0.717, 1.165) is 0 Å². The summed E-state index contributed by atoms with van der Waals surface area (Å²) in [5, 5.41) is 17.9. The second kappa shape index (κ2) is 18.3. The molecule has 0 spiro atoms. The van der Waals surface area contributed by atoms with Crippen molar-refractivity contribution in [2.24, 2.45) is 10.8 Å². The molecule has 3 aromatic rings. The van der Waals surface area contributed by atoms with Gasteiger partial charge >= 0.3 is 12.2 Å². The number of hydrogen-bond donors (Lipinski definition) is 5. The van der Waals surface area contributed by atoms with Gasteiger partial charge in [-0.15, -0.1) is 0 Å². The highest BCUT2D eigenvalue weighted by molar-refractivity contribution is 5.87. The minimum absolute atomic E-state index is 0.167. The van der Waals surface area contributed by atoms with E-state index in [1.807, 2.05) is 0 Å². The Kier molecular flexibility index (Phi) is 6.44. The maximum Gasteiger partial charge on any atom is 0.407 e. The molecule has 4 amide bonds. The van der Waals surface area contributed by atoms with Crippen molar-refractivity contribution >= 4 is 24.0 Å². The summed E-state index contributed by atoms with van der Waals surface area (Å²) in [5.74, 6) is -3.99. The Morgan fingerprint density at radius 1 is 0.765 bits per heavy atom. The van der Waals surface area contributed by atoms with Crippen LogP contribution in [0.3, 0.4) is 0 Å². The number of rotatable bonds is 14. The van der Waals surface area contributed by atoms with E-state index in [9.17, 15) is 24.3 Å². The average Bonchev–Trinajstić information content (AvgIpc) is 3.19. The summed E-state index contributed by atoms with van der Waals surface area (Å²) in [6, 6.07) is 9.52. The number of hydrazine groups is 1. The van der Waals surface area contributed by atoms with E-state index in [1.54, 1.807) is 18.2 Å². The molecule has 13 heteroatoms. The molecule has 0 aliphatic rings. The van der Waals surface area contributed by atoms with Gasteiger partial charge in [0.05, 0.1) is 40.1 Å². The summed E-state index contributed by atoms with van der Waals surface area (Å²) in [7, 11) is -7.29. The molecule has 5 N–H and O–H groups in total. The van der Waals surface area contributed by atoms with Gasteiger partial charge in [0.15, 0.2) is 0 Å². The summed E-state index contributed by atoms with van der Waals surface area (Å²) in [6.07, 6.45) is -5.75. The van der Waals surface area contributed by atoms with Gasteiger partial charge in [0.25, 0.3) is 5.91 Å². The fourth-order valence-corrected chi connectivity index (χ4v) is 4.71. The lowest BCUT2D eigenvalue weighted by atomic mass is 9.85. The van der Waals surface area contributed by atoms with E-state index in [0.29, 0.717) is 16.3 Å². The van der Waals surface area contributed by atoms with Crippen LogP contribution >= 0.6 is 0 Å². The van der Waals surface area contributed by atoms with Crippen molar-refractivity contribution in [1.29, 1.82) is 0 Å². The zero-order valence-corrected chi connectivity index (χ0v) is 26.7. The molecule has 0 unspecified atom stereocenters. The smallest absolute Gasteiger partial charge is 0.407 e. The van der Waals surface area contributed by atoms with Crippen LogP contribution in [0.15, 0.2) is 79.0 Å². The second-order valence-corrected chi connectivity index (χ2v) is 11.2. The molecule has 0 aliphatic heterocycles. The largest absolute Gasteiger partial charge is 0.453 e.